The van der Waals surface area contributed by atoms with E-state index in [9.17, 15) is 14.4 Å². The molecule has 1 aromatic carbocycles. The number of carbonyl (C=O) groups is 3. The van der Waals surface area contributed by atoms with Crippen molar-refractivity contribution in [3.8, 4) is 0 Å². The van der Waals surface area contributed by atoms with Crippen LogP contribution in [0.2, 0.25) is 0 Å². The molecule has 2 rings (SSSR count). The second-order valence-corrected chi connectivity index (χ2v) is 5.74. The quantitative estimate of drug-likeness (QED) is 0.283. The molecule has 0 radical (unpaired) electrons. The van der Waals surface area contributed by atoms with Crippen molar-refractivity contribution in [2.75, 3.05) is 24.6 Å². The lowest BCUT2D eigenvalue weighted by Gasteiger charge is -2.17. The van der Waals surface area contributed by atoms with Crippen LogP contribution in [0.4, 0.5) is 10.5 Å². The van der Waals surface area contributed by atoms with E-state index in [4.69, 9.17) is 9.94 Å². The summed E-state index contributed by atoms with van der Waals surface area (Å²) in [6.45, 7) is 2.63. The molecular weight excluding hydrogens is 390 g/mol. The molecule has 1 fully saturated rings. The third-order valence-electron chi connectivity index (χ3n) is 3.91. The molecule has 10 nitrogen and oxygen atoms in total. The lowest BCUT2D eigenvalue weighted by atomic mass is 10.2. The van der Waals surface area contributed by atoms with Gasteiger partial charge in [-0.25, -0.2) is 4.79 Å². The molecule has 11 heteroatoms. The van der Waals surface area contributed by atoms with Gasteiger partial charge >= 0.3 is 12.0 Å². The number of rotatable bonds is 8. The van der Waals surface area contributed by atoms with Crippen molar-refractivity contribution in [1.82, 2.24) is 16.2 Å². The SMILES string of the molecule is CCOC(=O)CCNC(=O)N[C@H]1CCN(c2ccc(C=NNO)cc2)C1=O.Cl. The van der Waals surface area contributed by atoms with Gasteiger partial charge in [-0.15, -0.1) is 12.4 Å². The van der Waals surface area contributed by atoms with Gasteiger partial charge in [0, 0.05) is 18.8 Å². The maximum atomic E-state index is 12.5. The molecule has 1 aliphatic heterocycles. The largest absolute Gasteiger partial charge is 0.466 e. The van der Waals surface area contributed by atoms with Crippen LogP contribution in [0.3, 0.4) is 0 Å². The smallest absolute Gasteiger partial charge is 0.315 e. The van der Waals surface area contributed by atoms with Crippen LogP contribution in [0.5, 0.6) is 0 Å². The zero-order valence-corrected chi connectivity index (χ0v) is 16.2. The Balaban J connectivity index is 0.00000392. The molecular formula is C17H24ClN5O5. The van der Waals surface area contributed by atoms with Gasteiger partial charge in [0.2, 0.25) is 5.91 Å². The summed E-state index contributed by atoms with van der Waals surface area (Å²) in [7, 11) is 0. The third-order valence-corrected chi connectivity index (χ3v) is 3.91. The minimum absolute atomic E-state index is 0. The van der Waals surface area contributed by atoms with Crippen LogP contribution < -0.4 is 21.1 Å². The number of benzene rings is 1. The molecule has 0 unspecified atom stereocenters. The minimum Gasteiger partial charge on any atom is -0.466 e. The molecule has 1 aromatic rings. The van der Waals surface area contributed by atoms with E-state index in [2.05, 4.69) is 15.7 Å². The number of esters is 1. The summed E-state index contributed by atoms with van der Waals surface area (Å²) >= 11 is 0. The first-order valence-electron chi connectivity index (χ1n) is 8.58. The lowest BCUT2D eigenvalue weighted by Crippen LogP contribution is -2.46. The summed E-state index contributed by atoms with van der Waals surface area (Å²) in [5.74, 6) is -0.585. The van der Waals surface area contributed by atoms with Crippen LogP contribution in [0, 0.1) is 0 Å². The van der Waals surface area contributed by atoms with E-state index >= 15 is 0 Å². The van der Waals surface area contributed by atoms with Crippen LogP contribution in [0.15, 0.2) is 29.4 Å². The average molecular weight is 414 g/mol. The van der Waals surface area contributed by atoms with E-state index in [0.717, 1.165) is 5.56 Å². The summed E-state index contributed by atoms with van der Waals surface area (Å²) in [6, 6.07) is 5.92. The fourth-order valence-electron chi connectivity index (χ4n) is 2.63. The van der Waals surface area contributed by atoms with Gasteiger partial charge in [-0.3, -0.25) is 14.8 Å². The summed E-state index contributed by atoms with van der Waals surface area (Å²) in [5.41, 5.74) is 3.14. The molecule has 0 saturated carbocycles. The summed E-state index contributed by atoms with van der Waals surface area (Å²) in [4.78, 5) is 37.2. The number of amides is 3. The normalized spacial score (nSPS) is 15.9. The molecule has 3 amide bonds. The third kappa shape index (κ3) is 6.71. The van der Waals surface area contributed by atoms with E-state index in [-0.39, 0.29) is 37.2 Å². The standard InChI is InChI=1S/C17H23N5O5.ClH/c1-2-27-15(23)7-9-18-17(25)20-14-8-10-22(16(14)24)13-5-3-12(4-6-13)11-19-21-26;/h3-6,11,14,21,26H,2,7-10H2,1H3,(H2,18,20,25);1H/t14-;/m0./s1. The van der Waals surface area contributed by atoms with Gasteiger partial charge in [0.25, 0.3) is 0 Å². The van der Waals surface area contributed by atoms with Crippen molar-refractivity contribution in [2.45, 2.75) is 25.8 Å². The number of halogens is 1. The number of nitrogens with one attached hydrogen (secondary N) is 3. The molecule has 28 heavy (non-hydrogen) atoms. The van der Waals surface area contributed by atoms with Crippen LogP contribution in [-0.4, -0.2) is 55.1 Å². The highest BCUT2D eigenvalue weighted by molar-refractivity contribution is 6.01. The van der Waals surface area contributed by atoms with Crippen molar-refractivity contribution in [2.24, 2.45) is 5.10 Å². The predicted octanol–water partition coefficient (Wildman–Crippen LogP) is 0.779. The first-order chi connectivity index (χ1) is 13.0. The number of urea groups is 1. The van der Waals surface area contributed by atoms with Crippen LogP contribution >= 0.6 is 12.4 Å². The maximum Gasteiger partial charge on any atom is 0.315 e. The van der Waals surface area contributed by atoms with Gasteiger partial charge in [0.1, 0.15) is 6.04 Å². The fourth-order valence-corrected chi connectivity index (χ4v) is 2.63. The van der Waals surface area contributed by atoms with Crippen molar-refractivity contribution in [3.05, 3.63) is 29.8 Å². The zero-order chi connectivity index (χ0) is 19.6. The van der Waals surface area contributed by atoms with Crippen molar-refractivity contribution in [3.63, 3.8) is 0 Å². The first kappa shape index (κ1) is 23.2. The van der Waals surface area contributed by atoms with Crippen molar-refractivity contribution < 1.29 is 24.3 Å². The Bertz CT molecular complexity index is 698. The molecule has 1 saturated heterocycles. The Hall–Kier alpha value is -2.85. The summed E-state index contributed by atoms with van der Waals surface area (Å²) < 4.78 is 4.77. The van der Waals surface area contributed by atoms with Gasteiger partial charge in [-0.05, 0) is 31.0 Å². The second kappa shape index (κ2) is 11.8. The lowest BCUT2D eigenvalue weighted by molar-refractivity contribution is -0.142. The molecule has 0 bridgehead atoms. The molecule has 0 spiro atoms. The van der Waals surface area contributed by atoms with Crippen molar-refractivity contribution >= 4 is 42.2 Å². The zero-order valence-electron chi connectivity index (χ0n) is 15.4. The number of hydrazone groups is 1. The van der Waals surface area contributed by atoms with E-state index < -0.39 is 12.1 Å². The van der Waals surface area contributed by atoms with E-state index in [1.54, 1.807) is 41.7 Å². The highest BCUT2D eigenvalue weighted by atomic mass is 35.5. The van der Waals surface area contributed by atoms with Crippen molar-refractivity contribution in [1.29, 1.82) is 0 Å². The highest BCUT2D eigenvalue weighted by Crippen LogP contribution is 2.21. The van der Waals surface area contributed by atoms with E-state index in [1.807, 2.05) is 0 Å². The first-order valence-corrected chi connectivity index (χ1v) is 8.58. The molecule has 0 aliphatic carbocycles. The Morgan fingerprint density at radius 2 is 2.07 bits per heavy atom. The summed E-state index contributed by atoms with van der Waals surface area (Å²) in [5, 5.41) is 17.1. The van der Waals surface area contributed by atoms with Gasteiger partial charge in [0.15, 0.2) is 0 Å². The van der Waals surface area contributed by atoms with Crippen LogP contribution in [-0.2, 0) is 14.3 Å². The molecule has 1 heterocycles. The predicted molar refractivity (Wildman–Crippen MR) is 105 cm³/mol. The number of anilines is 1. The second-order valence-electron chi connectivity index (χ2n) is 5.74. The molecule has 0 aromatic heterocycles. The number of carbonyl (C=O) groups excluding carboxylic acids is 3. The van der Waals surface area contributed by atoms with Gasteiger partial charge in [-0.1, -0.05) is 12.1 Å². The molecule has 1 aliphatic rings. The molecule has 4 N–H and O–H groups in total. The molecule has 154 valence electrons. The Morgan fingerprint density at radius 1 is 1.36 bits per heavy atom. The maximum absolute atomic E-state index is 12.5. The Morgan fingerprint density at radius 3 is 2.71 bits per heavy atom. The molecule has 1 atom stereocenters. The topological polar surface area (TPSA) is 132 Å². The number of hydrogen-bond donors (Lipinski definition) is 4. The van der Waals surface area contributed by atoms with Gasteiger partial charge < -0.3 is 20.3 Å². The minimum atomic E-state index is -0.618. The average Bonchev–Trinajstić information content (AvgIpc) is 3.01. The Labute approximate surface area is 168 Å². The highest BCUT2D eigenvalue weighted by Gasteiger charge is 2.33. The van der Waals surface area contributed by atoms with E-state index in [1.165, 1.54) is 6.21 Å². The van der Waals surface area contributed by atoms with E-state index in [0.29, 0.717) is 25.3 Å². The van der Waals surface area contributed by atoms with Crippen LogP contribution in [0.25, 0.3) is 0 Å². The summed E-state index contributed by atoms with van der Waals surface area (Å²) in [6.07, 6.45) is 2.00. The van der Waals surface area contributed by atoms with Gasteiger partial charge in [0.05, 0.1) is 19.2 Å². The number of nitrogens with zero attached hydrogens (tertiary/aromatic N) is 2. The monoisotopic (exact) mass is 413 g/mol. The van der Waals surface area contributed by atoms with Gasteiger partial charge in [-0.2, -0.15) is 10.7 Å². The fraction of sp³-hybridized carbons (Fsp3) is 0.412. The number of ether oxygens (including phenoxy) is 1. The number of hydrogen-bond acceptors (Lipinski definition) is 7. The Kier molecular flexibility index (Phi) is 9.75. The van der Waals surface area contributed by atoms with Crippen LogP contribution in [0.1, 0.15) is 25.3 Å².